The van der Waals surface area contributed by atoms with Gasteiger partial charge in [-0.3, -0.25) is 0 Å². The number of hydrogen-bond donors (Lipinski definition) is 2. The maximum Gasteiger partial charge on any atom is 0.134 e. The highest BCUT2D eigenvalue weighted by Gasteiger charge is 2.04. The van der Waals surface area contributed by atoms with Crippen molar-refractivity contribution in [3.8, 4) is 5.75 Å². The van der Waals surface area contributed by atoms with Crippen molar-refractivity contribution in [3.05, 3.63) is 56.1 Å². The van der Waals surface area contributed by atoms with E-state index in [9.17, 15) is 5.11 Å². The molecule has 0 amide bonds. The normalized spacial score (nSPS) is 10.2. The van der Waals surface area contributed by atoms with Gasteiger partial charge in [0.05, 0.1) is 4.47 Å². The van der Waals surface area contributed by atoms with Crippen LogP contribution >= 0.6 is 38.5 Å². The summed E-state index contributed by atoms with van der Waals surface area (Å²) >= 11 is 5.58. The zero-order valence-electron chi connectivity index (χ0n) is 8.95. The van der Waals surface area contributed by atoms with Crippen LogP contribution in [0.15, 0.2) is 46.9 Å². The molecule has 2 aromatic carbocycles. The van der Waals surface area contributed by atoms with Gasteiger partial charge in [-0.25, -0.2) is 0 Å². The molecule has 0 aliphatic heterocycles. The second-order valence-electron chi connectivity index (χ2n) is 3.61. The molecule has 17 heavy (non-hydrogen) atoms. The Labute approximate surface area is 122 Å². The second kappa shape index (κ2) is 5.73. The van der Waals surface area contributed by atoms with Crippen LogP contribution in [-0.2, 0) is 6.54 Å². The van der Waals surface area contributed by atoms with E-state index in [0.29, 0.717) is 12.3 Å². The van der Waals surface area contributed by atoms with Crippen LogP contribution in [0, 0.1) is 3.57 Å². The Bertz CT molecular complexity index is 513. The predicted molar refractivity (Wildman–Crippen MR) is 82.3 cm³/mol. The molecular formula is C13H11BrINO. The van der Waals surface area contributed by atoms with Crippen molar-refractivity contribution < 1.29 is 5.11 Å². The van der Waals surface area contributed by atoms with Crippen LogP contribution in [0.3, 0.4) is 0 Å². The lowest BCUT2D eigenvalue weighted by molar-refractivity contribution is 0.465. The minimum Gasteiger partial charge on any atom is -0.506 e. The third-order valence-electron chi connectivity index (χ3n) is 2.40. The van der Waals surface area contributed by atoms with Gasteiger partial charge in [-0.1, -0.05) is 12.1 Å². The van der Waals surface area contributed by atoms with Gasteiger partial charge in [0.1, 0.15) is 5.75 Å². The number of halogens is 2. The lowest BCUT2D eigenvalue weighted by atomic mass is 10.2. The molecule has 0 spiro atoms. The fourth-order valence-corrected chi connectivity index (χ4v) is 2.23. The predicted octanol–water partition coefficient (Wildman–Crippen LogP) is 4.37. The molecule has 2 nitrogen and oxygen atoms in total. The maximum absolute atomic E-state index is 9.83. The molecule has 0 heterocycles. The second-order valence-corrected chi connectivity index (χ2v) is 5.71. The SMILES string of the molecule is Oc1c(Br)cccc1CNc1ccc(I)cc1. The summed E-state index contributed by atoms with van der Waals surface area (Å²) in [4.78, 5) is 0. The molecular weight excluding hydrogens is 393 g/mol. The van der Waals surface area contributed by atoms with Crippen LogP contribution in [-0.4, -0.2) is 5.11 Å². The topological polar surface area (TPSA) is 32.3 Å². The minimum absolute atomic E-state index is 0.297. The summed E-state index contributed by atoms with van der Waals surface area (Å²) in [6.07, 6.45) is 0. The minimum atomic E-state index is 0.297. The Morgan fingerprint density at radius 1 is 1.12 bits per heavy atom. The van der Waals surface area contributed by atoms with Gasteiger partial charge in [0, 0.05) is 21.4 Å². The molecule has 2 rings (SSSR count). The summed E-state index contributed by atoms with van der Waals surface area (Å²) in [6.45, 7) is 0.603. The van der Waals surface area contributed by atoms with Gasteiger partial charge >= 0.3 is 0 Å². The van der Waals surface area contributed by atoms with Crippen molar-refractivity contribution >= 4 is 44.2 Å². The number of phenolic OH excluding ortho intramolecular Hbond substituents is 1. The van der Waals surface area contributed by atoms with Gasteiger partial charge < -0.3 is 10.4 Å². The highest BCUT2D eigenvalue weighted by molar-refractivity contribution is 14.1. The van der Waals surface area contributed by atoms with Crippen LogP contribution in [0.2, 0.25) is 0 Å². The van der Waals surface area contributed by atoms with Gasteiger partial charge in [0.25, 0.3) is 0 Å². The molecule has 0 fully saturated rings. The molecule has 0 radical (unpaired) electrons. The van der Waals surface area contributed by atoms with Crippen molar-refractivity contribution in [3.63, 3.8) is 0 Å². The average molecular weight is 404 g/mol. The smallest absolute Gasteiger partial charge is 0.134 e. The molecule has 0 aromatic heterocycles. The van der Waals surface area contributed by atoms with Crippen molar-refractivity contribution in [2.24, 2.45) is 0 Å². The number of para-hydroxylation sites is 1. The van der Waals surface area contributed by atoms with Crippen molar-refractivity contribution in [2.45, 2.75) is 6.54 Å². The van der Waals surface area contributed by atoms with Crippen LogP contribution in [0.5, 0.6) is 5.75 Å². The number of aromatic hydroxyl groups is 1. The van der Waals surface area contributed by atoms with Crippen molar-refractivity contribution in [2.75, 3.05) is 5.32 Å². The van der Waals surface area contributed by atoms with Crippen LogP contribution < -0.4 is 5.32 Å². The highest BCUT2D eigenvalue weighted by Crippen LogP contribution is 2.27. The molecule has 88 valence electrons. The molecule has 0 aliphatic rings. The fraction of sp³-hybridized carbons (Fsp3) is 0.0769. The summed E-state index contributed by atoms with van der Waals surface area (Å²) in [7, 11) is 0. The molecule has 0 saturated carbocycles. The van der Waals surface area contributed by atoms with Crippen LogP contribution in [0.25, 0.3) is 0 Å². The van der Waals surface area contributed by atoms with Crippen LogP contribution in [0.1, 0.15) is 5.56 Å². The Morgan fingerprint density at radius 3 is 2.53 bits per heavy atom. The van der Waals surface area contributed by atoms with Gasteiger partial charge in [-0.05, 0) is 68.9 Å². The maximum atomic E-state index is 9.83. The summed E-state index contributed by atoms with van der Waals surface area (Å²) in [5, 5.41) is 13.1. The summed E-state index contributed by atoms with van der Waals surface area (Å²) in [5.74, 6) is 0.297. The van der Waals surface area contributed by atoms with E-state index in [4.69, 9.17) is 0 Å². The molecule has 4 heteroatoms. The lowest BCUT2D eigenvalue weighted by Crippen LogP contribution is -1.99. The molecule has 2 aromatic rings. The zero-order valence-corrected chi connectivity index (χ0v) is 12.7. The Kier molecular flexibility index (Phi) is 4.28. The van der Waals surface area contributed by atoms with Gasteiger partial charge in [-0.15, -0.1) is 0 Å². The standard InChI is InChI=1S/C13H11BrINO/c14-12-3-1-2-9(13(12)17)8-16-11-6-4-10(15)5-7-11/h1-7,16-17H,8H2. The van der Waals surface area contributed by atoms with E-state index in [1.807, 2.05) is 42.5 Å². The van der Waals surface area contributed by atoms with E-state index >= 15 is 0 Å². The average Bonchev–Trinajstić information content (AvgIpc) is 2.33. The first-order valence-corrected chi connectivity index (χ1v) is 7.00. The first-order valence-electron chi connectivity index (χ1n) is 5.12. The van der Waals surface area contributed by atoms with Gasteiger partial charge in [-0.2, -0.15) is 0 Å². The van der Waals surface area contributed by atoms with E-state index in [0.717, 1.165) is 15.7 Å². The summed E-state index contributed by atoms with van der Waals surface area (Å²) in [6, 6.07) is 13.8. The highest BCUT2D eigenvalue weighted by atomic mass is 127. The molecule has 0 bridgehead atoms. The third kappa shape index (κ3) is 3.35. The van der Waals surface area contributed by atoms with Crippen LogP contribution in [0.4, 0.5) is 5.69 Å². The Balaban J connectivity index is 2.07. The number of benzene rings is 2. The summed E-state index contributed by atoms with van der Waals surface area (Å²) in [5.41, 5.74) is 1.92. The van der Waals surface area contributed by atoms with E-state index in [1.165, 1.54) is 3.57 Å². The molecule has 0 unspecified atom stereocenters. The molecule has 2 N–H and O–H groups in total. The monoisotopic (exact) mass is 403 g/mol. The Morgan fingerprint density at radius 2 is 1.82 bits per heavy atom. The van der Waals surface area contributed by atoms with E-state index < -0.39 is 0 Å². The van der Waals surface area contributed by atoms with Gasteiger partial charge in [0.2, 0.25) is 0 Å². The van der Waals surface area contributed by atoms with Crippen molar-refractivity contribution in [1.82, 2.24) is 0 Å². The number of anilines is 1. The first-order chi connectivity index (χ1) is 8.16. The quantitative estimate of drug-likeness (QED) is 0.745. The van der Waals surface area contributed by atoms with E-state index in [1.54, 1.807) is 0 Å². The lowest BCUT2D eigenvalue weighted by Gasteiger charge is -2.09. The summed E-state index contributed by atoms with van der Waals surface area (Å²) < 4.78 is 1.93. The molecule has 0 atom stereocenters. The van der Waals surface area contributed by atoms with E-state index in [-0.39, 0.29) is 0 Å². The molecule has 0 aliphatic carbocycles. The van der Waals surface area contributed by atoms with E-state index in [2.05, 4.69) is 43.8 Å². The molecule has 0 saturated heterocycles. The number of phenols is 1. The zero-order chi connectivity index (χ0) is 12.3. The third-order valence-corrected chi connectivity index (χ3v) is 3.76. The van der Waals surface area contributed by atoms with Gasteiger partial charge in [0.15, 0.2) is 0 Å². The fourth-order valence-electron chi connectivity index (χ4n) is 1.47. The first kappa shape index (κ1) is 12.7. The number of rotatable bonds is 3. The Hall–Kier alpha value is -0.750. The number of hydrogen-bond acceptors (Lipinski definition) is 2. The number of nitrogens with one attached hydrogen (secondary N) is 1. The largest absolute Gasteiger partial charge is 0.506 e. The van der Waals surface area contributed by atoms with Crippen molar-refractivity contribution in [1.29, 1.82) is 0 Å².